The Morgan fingerprint density at radius 1 is 1.67 bits per heavy atom. The van der Waals surface area contributed by atoms with E-state index < -0.39 is 0 Å². The van der Waals surface area contributed by atoms with E-state index in [0.717, 1.165) is 17.7 Å². The van der Waals surface area contributed by atoms with Crippen LogP contribution in [0.15, 0.2) is 12.4 Å². The van der Waals surface area contributed by atoms with E-state index in [9.17, 15) is 4.79 Å². The smallest absolute Gasteiger partial charge is 0.233 e. The SMILES string of the molecule is O=C(NCc1cn[nH]c1)C1CCCCS1. The molecule has 0 radical (unpaired) electrons. The molecule has 2 N–H and O–H groups in total. The second-order valence-corrected chi connectivity index (χ2v) is 4.99. The van der Waals surface area contributed by atoms with Gasteiger partial charge in [-0.25, -0.2) is 0 Å². The van der Waals surface area contributed by atoms with Crippen LogP contribution in [0, 0.1) is 0 Å². The molecule has 1 aliphatic rings. The quantitative estimate of drug-likeness (QED) is 0.815. The number of nitrogens with zero attached hydrogens (tertiary/aromatic N) is 1. The third-order valence-electron chi connectivity index (χ3n) is 2.49. The second kappa shape index (κ2) is 5.21. The number of H-pyrrole nitrogens is 1. The molecule has 82 valence electrons. The first-order valence-electron chi connectivity index (χ1n) is 5.23. The lowest BCUT2D eigenvalue weighted by Gasteiger charge is -2.20. The van der Waals surface area contributed by atoms with E-state index in [2.05, 4.69) is 15.5 Å². The van der Waals surface area contributed by atoms with Gasteiger partial charge in [-0.3, -0.25) is 9.89 Å². The molecule has 4 nitrogen and oxygen atoms in total. The van der Waals surface area contributed by atoms with Gasteiger partial charge in [0.15, 0.2) is 0 Å². The van der Waals surface area contributed by atoms with Crippen molar-refractivity contribution in [2.45, 2.75) is 31.1 Å². The topological polar surface area (TPSA) is 57.8 Å². The van der Waals surface area contributed by atoms with Crippen molar-refractivity contribution in [2.75, 3.05) is 5.75 Å². The summed E-state index contributed by atoms with van der Waals surface area (Å²) >= 11 is 1.77. The van der Waals surface area contributed by atoms with Crippen molar-refractivity contribution in [2.24, 2.45) is 0 Å². The van der Waals surface area contributed by atoms with Gasteiger partial charge < -0.3 is 5.32 Å². The largest absolute Gasteiger partial charge is 0.351 e. The molecule has 0 saturated carbocycles. The first-order chi connectivity index (χ1) is 7.36. The molecule has 0 bridgehead atoms. The highest BCUT2D eigenvalue weighted by molar-refractivity contribution is 8.00. The zero-order chi connectivity index (χ0) is 10.5. The maximum Gasteiger partial charge on any atom is 0.233 e. The van der Waals surface area contributed by atoms with E-state index in [0.29, 0.717) is 6.54 Å². The lowest BCUT2D eigenvalue weighted by atomic mass is 10.2. The van der Waals surface area contributed by atoms with Gasteiger partial charge in [0.2, 0.25) is 5.91 Å². The highest BCUT2D eigenvalue weighted by Crippen LogP contribution is 2.24. The monoisotopic (exact) mass is 225 g/mol. The summed E-state index contributed by atoms with van der Waals surface area (Å²) < 4.78 is 0. The predicted octanol–water partition coefficient (Wildman–Crippen LogP) is 1.31. The number of rotatable bonds is 3. The molecule has 0 aliphatic carbocycles. The van der Waals surface area contributed by atoms with Crippen molar-refractivity contribution >= 4 is 17.7 Å². The molecule has 0 spiro atoms. The van der Waals surface area contributed by atoms with Crippen LogP contribution in [0.2, 0.25) is 0 Å². The van der Waals surface area contributed by atoms with Crippen LogP contribution in [0.25, 0.3) is 0 Å². The van der Waals surface area contributed by atoms with Crippen LogP contribution in [0.1, 0.15) is 24.8 Å². The van der Waals surface area contributed by atoms with Crippen LogP contribution < -0.4 is 5.32 Å². The van der Waals surface area contributed by atoms with Gasteiger partial charge in [-0.2, -0.15) is 5.10 Å². The molecule has 5 heteroatoms. The normalized spacial score (nSPS) is 21.2. The highest BCUT2D eigenvalue weighted by atomic mass is 32.2. The Morgan fingerprint density at radius 3 is 3.27 bits per heavy atom. The Bertz CT molecular complexity index is 306. The molecular formula is C10H15N3OS. The predicted molar refractivity (Wildman–Crippen MR) is 60.5 cm³/mol. The fraction of sp³-hybridized carbons (Fsp3) is 0.600. The summed E-state index contributed by atoms with van der Waals surface area (Å²) in [6.07, 6.45) is 6.97. The van der Waals surface area contributed by atoms with Gasteiger partial charge in [-0.05, 0) is 18.6 Å². The molecule has 0 aromatic carbocycles. The standard InChI is InChI=1S/C10H15N3OS/c14-10(9-3-1-2-4-15-9)11-5-8-6-12-13-7-8/h6-7,9H,1-5H2,(H,11,14)(H,12,13). The average molecular weight is 225 g/mol. The van der Waals surface area contributed by atoms with E-state index in [1.54, 1.807) is 24.2 Å². The summed E-state index contributed by atoms with van der Waals surface area (Å²) in [5, 5.41) is 9.65. The molecule has 1 aromatic rings. The Hall–Kier alpha value is -0.970. The number of carbonyl (C=O) groups is 1. The number of hydrogen-bond acceptors (Lipinski definition) is 3. The molecule has 1 amide bonds. The summed E-state index contributed by atoms with van der Waals surface area (Å²) in [6, 6.07) is 0. The molecule has 1 unspecified atom stereocenters. The molecule has 15 heavy (non-hydrogen) atoms. The number of nitrogens with one attached hydrogen (secondary N) is 2. The maximum atomic E-state index is 11.7. The third kappa shape index (κ3) is 2.99. The van der Waals surface area contributed by atoms with Crippen LogP contribution in [0.3, 0.4) is 0 Å². The fourth-order valence-electron chi connectivity index (χ4n) is 1.62. The Labute approximate surface area is 93.2 Å². The maximum absolute atomic E-state index is 11.7. The third-order valence-corrected chi connectivity index (χ3v) is 3.87. The zero-order valence-electron chi connectivity index (χ0n) is 8.53. The Balaban J connectivity index is 1.76. The molecule has 1 atom stereocenters. The van der Waals surface area contributed by atoms with Gasteiger partial charge in [0.05, 0.1) is 11.4 Å². The number of carbonyl (C=O) groups excluding carboxylic acids is 1. The molecule has 2 rings (SSSR count). The number of thioether (sulfide) groups is 1. The van der Waals surface area contributed by atoms with E-state index in [4.69, 9.17) is 0 Å². The summed E-state index contributed by atoms with van der Waals surface area (Å²) in [6.45, 7) is 0.576. The van der Waals surface area contributed by atoms with Crippen LogP contribution in [-0.2, 0) is 11.3 Å². The lowest BCUT2D eigenvalue weighted by molar-refractivity contribution is -0.120. The lowest BCUT2D eigenvalue weighted by Crippen LogP contribution is -2.33. The summed E-state index contributed by atoms with van der Waals surface area (Å²) in [7, 11) is 0. The molecular weight excluding hydrogens is 210 g/mol. The van der Waals surface area contributed by atoms with Gasteiger partial charge in [-0.1, -0.05) is 6.42 Å². The van der Waals surface area contributed by atoms with Gasteiger partial charge in [0.1, 0.15) is 0 Å². The molecule has 1 saturated heterocycles. The average Bonchev–Trinajstić information content (AvgIpc) is 2.80. The minimum atomic E-state index is 0.158. The fourth-order valence-corrected chi connectivity index (χ4v) is 2.85. The Morgan fingerprint density at radius 2 is 2.60 bits per heavy atom. The number of aromatic amines is 1. The second-order valence-electron chi connectivity index (χ2n) is 3.68. The van der Waals surface area contributed by atoms with Crippen molar-refractivity contribution < 1.29 is 4.79 Å². The summed E-state index contributed by atoms with van der Waals surface area (Å²) in [4.78, 5) is 11.7. The molecule has 1 fully saturated rings. The number of aromatic nitrogens is 2. The summed E-state index contributed by atoms with van der Waals surface area (Å²) in [5.74, 6) is 1.28. The van der Waals surface area contributed by atoms with Crippen molar-refractivity contribution in [3.63, 3.8) is 0 Å². The van der Waals surface area contributed by atoms with Gasteiger partial charge in [0.25, 0.3) is 0 Å². The van der Waals surface area contributed by atoms with E-state index in [-0.39, 0.29) is 11.2 Å². The summed E-state index contributed by atoms with van der Waals surface area (Å²) in [5.41, 5.74) is 1.02. The van der Waals surface area contributed by atoms with E-state index in [1.807, 2.05) is 0 Å². The van der Waals surface area contributed by atoms with E-state index >= 15 is 0 Å². The van der Waals surface area contributed by atoms with Crippen LogP contribution in [0.5, 0.6) is 0 Å². The van der Waals surface area contributed by atoms with Crippen LogP contribution >= 0.6 is 11.8 Å². The van der Waals surface area contributed by atoms with Crippen molar-refractivity contribution in [3.05, 3.63) is 18.0 Å². The van der Waals surface area contributed by atoms with Crippen LogP contribution in [-0.4, -0.2) is 27.1 Å². The Kier molecular flexibility index (Phi) is 3.66. The molecule has 2 heterocycles. The van der Waals surface area contributed by atoms with Gasteiger partial charge in [0, 0.05) is 18.3 Å². The molecule has 1 aliphatic heterocycles. The first kappa shape index (κ1) is 10.5. The van der Waals surface area contributed by atoms with Gasteiger partial charge >= 0.3 is 0 Å². The minimum absolute atomic E-state index is 0.158. The van der Waals surface area contributed by atoms with Gasteiger partial charge in [-0.15, -0.1) is 11.8 Å². The zero-order valence-corrected chi connectivity index (χ0v) is 9.35. The van der Waals surface area contributed by atoms with Crippen molar-refractivity contribution in [3.8, 4) is 0 Å². The van der Waals surface area contributed by atoms with Crippen molar-refractivity contribution in [1.82, 2.24) is 15.5 Å². The number of amides is 1. The van der Waals surface area contributed by atoms with Crippen molar-refractivity contribution in [1.29, 1.82) is 0 Å². The first-order valence-corrected chi connectivity index (χ1v) is 6.28. The van der Waals surface area contributed by atoms with E-state index in [1.165, 1.54) is 12.8 Å². The molecule has 1 aromatic heterocycles. The highest BCUT2D eigenvalue weighted by Gasteiger charge is 2.21. The number of hydrogen-bond donors (Lipinski definition) is 2. The van der Waals surface area contributed by atoms with Crippen LogP contribution in [0.4, 0.5) is 0 Å². The minimum Gasteiger partial charge on any atom is -0.351 e.